The van der Waals surface area contributed by atoms with E-state index in [0.717, 1.165) is 57.5 Å². The average molecular weight is 550 g/mol. The lowest BCUT2D eigenvalue weighted by Gasteiger charge is -2.32. The van der Waals surface area contributed by atoms with Gasteiger partial charge in [0, 0.05) is 50.6 Å². The van der Waals surface area contributed by atoms with Crippen molar-refractivity contribution in [2.45, 2.75) is 39.0 Å². The molecule has 8 heteroatoms. The fraction of sp³-hybridized carbons (Fsp3) is 0.500. The molecule has 7 nitrogen and oxygen atoms in total. The van der Waals surface area contributed by atoms with Crippen molar-refractivity contribution in [3.63, 3.8) is 0 Å². The maximum Gasteiger partial charge on any atom is 0.191 e. The van der Waals surface area contributed by atoms with Crippen LogP contribution in [0.25, 0.3) is 0 Å². The molecule has 0 aliphatic carbocycles. The van der Waals surface area contributed by atoms with Crippen molar-refractivity contribution in [3.05, 3.63) is 54.2 Å². The zero-order chi connectivity index (χ0) is 21.5. The van der Waals surface area contributed by atoms with Crippen LogP contribution in [0.15, 0.2) is 53.7 Å². The van der Waals surface area contributed by atoms with E-state index in [-0.39, 0.29) is 30.1 Å². The zero-order valence-corrected chi connectivity index (χ0v) is 21.4. The molecule has 2 aromatic rings. The maximum absolute atomic E-state index is 5.65. The van der Waals surface area contributed by atoms with Crippen LogP contribution in [0, 0.1) is 0 Å². The number of morpholine rings is 1. The number of pyridine rings is 1. The first-order valence-electron chi connectivity index (χ1n) is 11.4. The highest BCUT2D eigenvalue weighted by molar-refractivity contribution is 14.0. The number of aliphatic imine (C=N–C) groups is 1. The number of hydrogen-bond donors (Lipinski definition) is 2. The highest BCUT2D eigenvalue weighted by atomic mass is 127. The summed E-state index contributed by atoms with van der Waals surface area (Å²) in [6.07, 6.45) is 3.23. The first kappa shape index (κ1) is 24.6. The summed E-state index contributed by atoms with van der Waals surface area (Å²) in [7, 11) is 0. The molecule has 2 aliphatic heterocycles. The summed E-state index contributed by atoms with van der Waals surface area (Å²) in [4.78, 5) is 14.1. The highest BCUT2D eigenvalue weighted by Gasteiger charge is 2.23. The minimum Gasteiger partial charge on any atom is -0.375 e. The Kier molecular flexibility index (Phi) is 9.40. The van der Waals surface area contributed by atoms with Crippen molar-refractivity contribution in [1.29, 1.82) is 0 Å². The zero-order valence-electron chi connectivity index (χ0n) is 19.0. The van der Waals surface area contributed by atoms with Crippen LogP contribution < -0.4 is 20.4 Å². The highest BCUT2D eigenvalue weighted by Crippen LogP contribution is 2.20. The van der Waals surface area contributed by atoms with Gasteiger partial charge in [-0.05, 0) is 50.1 Å². The SMILES string of the molecule is CCNC(=NCc1ccnc(N2CCOC(C)C2)c1)NC1CCN(c2ccccc2)C1.I. The van der Waals surface area contributed by atoms with Crippen LogP contribution in [-0.4, -0.2) is 62.4 Å². The molecule has 2 aliphatic rings. The van der Waals surface area contributed by atoms with Crippen LogP contribution in [0.2, 0.25) is 0 Å². The van der Waals surface area contributed by atoms with Crippen LogP contribution in [0.1, 0.15) is 25.8 Å². The number of anilines is 2. The quantitative estimate of drug-likeness (QED) is 0.327. The Morgan fingerprint density at radius 3 is 2.78 bits per heavy atom. The van der Waals surface area contributed by atoms with Gasteiger partial charge < -0.3 is 25.2 Å². The van der Waals surface area contributed by atoms with Crippen LogP contribution >= 0.6 is 24.0 Å². The summed E-state index contributed by atoms with van der Waals surface area (Å²) in [5, 5.41) is 7.02. The van der Waals surface area contributed by atoms with Gasteiger partial charge in [-0.1, -0.05) is 18.2 Å². The van der Waals surface area contributed by atoms with Gasteiger partial charge in [0.25, 0.3) is 0 Å². The second kappa shape index (κ2) is 12.2. The van der Waals surface area contributed by atoms with E-state index in [0.29, 0.717) is 12.6 Å². The van der Waals surface area contributed by atoms with Crippen LogP contribution in [0.5, 0.6) is 0 Å². The molecule has 4 rings (SSSR count). The number of rotatable bonds is 6. The summed E-state index contributed by atoms with van der Waals surface area (Å²) in [6.45, 7) is 10.2. The number of guanidine groups is 1. The van der Waals surface area contributed by atoms with E-state index in [4.69, 9.17) is 9.73 Å². The molecule has 174 valence electrons. The largest absolute Gasteiger partial charge is 0.375 e. The fourth-order valence-corrected chi connectivity index (χ4v) is 4.19. The molecule has 2 N–H and O–H groups in total. The van der Waals surface area contributed by atoms with Gasteiger partial charge in [-0.25, -0.2) is 9.98 Å². The lowest BCUT2D eigenvalue weighted by atomic mass is 10.2. The first-order chi connectivity index (χ1) is 15.2. The second-order valence-electron chi connectivity index (χ2n) is 8.26. The molecule has 2 fully saturated rings. The monoisotopic (exact) mass is 550 g/mol. The average Bonchev–Trinajstić information content (AvgIpc) is 3.27. The van der Waals surface area contributed by atoms with E-state index < -0.39 is 0 Å². The van der Waals surface area contributed by atoms with Gasteiger partial charge in [0.1, 0.15) is 5.82 Å². The normalized spacial score (nSPS) is 21.2. The van der Waals surface area contributed by atoms with Gasteiger partial charge in [-0.3, -0.25) is 0 Å². The summed E-state index contributed by atoms with van der Waals surface area (Å²) in [6, 6.07) is 15.2. The summed E-state index contributed by atoms with van der Waals surface area (Å²) < 4.78 is 5.65. The molecule has 0 amide bonds. The lowest BCUT2D eigenvalue weighted by Crippen LogP contribution is -2.44. The number of halogens is 1. The van der Waals surface area contributed by atoms with Gasteiger partial charge in [-0.2, -0.15) is 0 Å². The standard InChI is InChI=1S/C24H34N6O.HI/c1-3-25-24(28-21-10-12-29(18-21)22-7-5-4-6-8-22)27-16-20-9-11-26-23(15-20)30-13-14-31-19(2)17-30;/h4-9,11,15,19,21H,3,10,12-14,16-18H2,1-2H3,(H2,25,27,28);1H. The van der Waals surface area contributed by atoms with Crippen LogP contribution in [0.4, 0.5) is 11.5 Å². The Morgan fingerprint density at radius 1 is 1.16 bits per heavy atom. The third-order valence-corrected chi connectivity index (χ3v) is 5.79. The summed E-state index contributed by atoms with van der Waals surface area (Å²) in [5.41, 5.74) is 2.45. The summed E-state index contributed by atoms with van der Waals surface area (Å²) in [5.74, 6) is 1.89. The van der Waals surface area contributed by atoms with Crippen molar-refractivity contribution in [3.8, 4) is 0 Å². The molecule has 1 aromatic carbocycles. The van der Waals surface area contributed by atoms with Crippen molar-refractivity contribution in [2.24, 2.45) is 4.99 Å². The van der Waals surface area contributed by atoms with E-state index in [9.17, 15) is 0 Å². The number of nitrogens with one attached hydrogen (secondary N) is 2. The number of para-hydroxylation sites is 1. The number of nitrogens with zero attached hydrogens (tertiary/aromatic N) is 4. The minimum atomic E-state index is 0. The molecular formula is C24H35IN6O. The molecule has 0 spiro atoms. The fourth-order valence-electron chi connectivity index (χ4n) is 4.19. The Labute approximate surface area is 208 Å². The topological polar surface area (TPSA) is 65.0 Å². The molecule has 2 saturated heterocycles. The Hall–Kier alpha value is -2.07. The predicted molar refractivity (Wildman–Crippen MR) is 142 cm³/mol. The van der Waals surface area contributed by atoms with E-state index >= 15 is 0 Å². The first-order valence-corrected chi connectivity index (χ1v) is 11.4. The molecule has 2 unspecified atom stereocenters. The van der Waals surface area contributed by atoms with E-state index in [2.05, 4.69) is 75.7 Å². The number of ether oxygens (including phenoxy) is 1. The number of aromatic nitrogens is 1. The minimum absolute atomic E-state index is 0. The molecule has 3 heterocycles. The number of benzene rings is 1. The van der Waals surface area contributed by atoms with Crippen LogP contribution in [-0.2, 0) is 11.3 Å². The van der Waals surface area contributed by atoms with Crippen molar-refractivity contribution < 1.29 is 4.74 Å². The second-order valence-corrected chi connectivity index (χ2v) is 8.26. The number of hydrogen-bond acceptors (Lipinski definition) is 5. The molecule has 0 radical (unpaired) electrons. The maximum atomic E-state index is 5.65. The van der Waals surface area contributed by atoms with E-state index in [1.165, 1.54) is 11.3 Å². The van der Waals surface area contributed by atoms with Gasteiger partial charge in [0.2, 0.25) is 0 Å². The molecule has 0 saturated carbocycles. The predicted octanol–water partition coefficient (Wildman–Crippen LogP) is 3.26. The molecule has 32 heavy (non-hydrogen) atoms. The van der Waals surface area contributed by atoms with Crippen molar-refractivity contribution in [2.75, 3.05) is 49.1 Å². The van der Waals surface area contributed by atoms with Gasteiger partial charge >= 0.3 is 0 Å². The van der Waals surface area contributed by atoms with E-state index in [1.54, 1.807) is 0 Å². The smallest absolute Gasteiger partial charge is 0.191 e. The molecular weight excluding hydrogens is 515 g/mol. The van der Waals surface area contributed by atoms with Gasteiger partial charge in [0.15, 0.2) is 5.96 Å². The third-order valence-electron chi connectivity index (χ3n) is 5.79. The molecule has 0 bridgehead atoms. The Morgan fingerprint density at radius 2 is 2.00 bits per heavy atom. The van der Waals surface area contributed by atoms with Crippen molar-refractivity contribution in [1.82, 2.24) is 15.6 Å². The van der Waals surface area contributed by atoms with Crippen molar-refractivity contribution >= 4 is 41.4 Å². The molecule has 2 atom stereocenters. The third kappa shape index (κ3) is 6.71. The van der Waals surface area contributed by atoms with Gasteiger partial charge in [-0.15, -0.1) is 24.0 Å². The summed E-state index contributed by atoms with van der Waals surface area (Å²) >= 11 is 0. The Balaban J connectivity index is 0.00000289. The molecule has 1 aromatic heterocycles. The lowest BCUT2D eigenvalue weighted by molar-refractivity contribution is 0.0529. The Bertz CT molecular complexity index is 865. The van der Waals surface area contributed by atoms with Gasteiger partial charge in [0.05, 0.1) is 19.3 Å². The van der Waals surface area contributed by atoms with Crippen LogP contribution in [0.3, 0.4) is 0 Å². The van der Waals surface area contributed by atoms with E-state index in [1.807, 2.05) is 12.3 Å².